The highest BCUT2D eigenvalue weighted by Crippen LogP contribution is 2.22. The number of amides is 2. The number of H-pyrrole nitrogens is 1. The summed E-state index contributed by atoms with van der Waals surface area (Å²) in [4.78, 5) is 30.6. The second-order valence-corrected chi connectivity index (χ2v) is 5.29. The number of hydrogen-bond acceptors (Lipinski definition) is 5. The van der Waals surface area contributed by atoms with Crippen LogP contribution in [0.2, 0.25) is 0 Å². The van der Waals surface area contributed by atoms with Gasteiger partial charge in [0.05, 0.1) is 6.20 Å². The lowest BCUT2D eigenvalue weighted by atomic mass is 10.4. The molecule has 22 heavy (non-hydrogen) atoms. The summed E-state index contributed by atoms with van der Waals surface area (Å²) in [7, 11) is 1.81. The van der Waals surface area contributed by atoms with Crippen LogP contribution in [0.1, 0.15) is 21.0 Å². The van der Waals surface area contributed by atoms with E-state index in [2.05, 4.69) is 25.9 Å². The molecule has 9 heteroatoms. The van der Waals surface area contributed by atoms with Crippen molar-refractivity contribution >= 4 is 23.2 Å². The lowest BCUT2D eigenvalue weighted by Crippen LogP contribution is -2.41. The Labute approximate surface area is 129 Å². The molecule has 3 rings (SSSR count). The molecule has 3 aromatic heterocycles. The lowest BCUT2D eigenvalue weighted by Gasteiger charge is -2.04. The van der Waals surface area contributed by atoms with Crippen LogP contribution in [0.4, 0.5) is 0 Å². The van der Waals surface area contributed by atoms with Crippen molar-refractivity contribution in [1.82, 2.24) is 30.6 Å². The van der Waals surface area contributed by atoms with Crippen LogP contribution >= 0.6 is 11.3 Å². The first-order valence-corrected chi connectivity index (χ1v) is 7.20. The topological polar surface area (TPSA) is 105 Å². The van der Waals surface area contributed by atoms with Crippen LogP contribution in [0.15, 0.2) is 36.1 Å². The molecule has 112 valence electrons. The molecular formula is C13H12N6O2S. The van der Waals surface area contributed by atoms with Gasteiger partial charge in [-0.05, 0) is 12.1 Å². The first-order chi connectivity index (χ1) is 10.6. The molecule has 0 atom stereocenters. The van der Waals surface area contributed by atoms with Crippen molar-refractivity contribution in [2.24, 2.45) is 7.05 Å². The Balaban J connectivity index is 1.63. The van der Waals surface area contributed by atoms with Gasteiger partial charge in [0.1, 0.15) is 16.4 Å². The van der Waals surface area contributed by atoms with E-state index < -0.39 is 11.8 Å². The summed E-state index contributed by atoms with van der Waals surface area (Å²) in [5.74, 6) is -0.910. The fraction of sp³-hybridized carbons (Fsp3) is 0.0769. The number of carbonyl (C=O) groups excluding carboxylic acids is 2. The molecule has 3 aromatic rings. The van der Waals surface area contributed by atoms with Crippen LogP contribution in [0.3, 0.4) is 0 Å². The van der Waals surface area contributed by atoms with Gasteiger partial charge < -0.3 is 4.98 Å². The van der Waals surface area contributed by atoms with E-state index in [-0.39, 0.29) is 5.69 Å². The molecule has 0 aromatic carbocycles. The quantitative estimate of drug-likeness (QED) is 0.626. The van der Waals surface area contributed by atoms with Crippen molar-refractivity contribution in [3.63, 3.8) is 0 Å². The van der Waals surface area contributed by atoms with Crippen molar-refractivity contribution < 1.29 is 9.59 Å². The number of rotatable bonds is 3. The third-order valence-corrected chi connectivity index (χ3v) is 3.71. The van der Waals surface area contributed by atoms with Gasteiger partial charge in [-0.1, -0.05) is 0 Å². The summed E-state index contributed by atoms with van der Waals surface area (Å²) in [6.07, 6.45) is 5.11. The Morgan fingerprint density at radius 2 is 2.14 bits per heavy atom. The molecule has 0 bridgehead atoms. The van der Waals surface area contributed by atoms with Gasteiger partial charge >= 0.3 is 0 Å². The zero-order valence-electron chi connectivity index (χ0n) is 11.5. The summed E-state index contributed by atoms with van der Waals surface area (Å²) in [6, 6.07) is 3.29. The van der Waals surface area contributed by atoms with Gasteiger partial charge in [0.2, 0.25) is 0 Å². The molecule has 0 radical (unpaired) electrons. The van der Waals surface area contributed by atoms with E-state index in [1.54, 1.807) is 41.6 Å². The predicted octanol–water partition coefficient (Wildman–Crippen LogP) is 0.946. The fourth-order valence-corrected chi connectivity index (χ4v) is 2.53. The average Bonchev–Trinajstić information content (AvgIpc) is 3.23. The van der Waals surface area contributed by atoms with Crippen LogP contribution in [0.25, 0.3) is 10.6 Å². The Bertz CT molecular complexity index is 804. The SMILES string of the molecule is Cn1cc(-c2nc(C(=O)NNC(=O)c3ccc[nH]3)cs2)cn1. The highest BCUT2D eigenvalue weighted by molar-refractivity contribution is 7.13. The number of nitrogens with one attached hydrogen (secondary N) is 3. The van der Waals surface area contributed by atoms with E-state index >= 15 is 0 Å². The molecule has 0 fully saturated rings. The number of hydrogen-bond donors (Lipinski definition) is 3. The first kappa shape index (κ1) is 14.0. The summed E-state index contributed by atoms with van der Waals surface area (Å²) >= 11 is 1.33. The molecule has 3 N–H and O–H groups in total. The van der Waals surface area contributed by atoms with Gasteiger partial charge in [0.25, 0.3) is 11.8 Å². The maximum absolute atomic E-state index is 12.0. The van der Waals surface area contributed by atoms with E-state index in [1.807, 2.05) is 6.20 Å². The third kappa shape index (κ3) is 2.88. The van der Waals surface area contributed by atoms with Crippen LogP contribution in [-0.2, 0) is 7.05 Å². The van der Waals surface area contributed by atoms with Crippen LogP contribution in [0, 0.1) is 0 Å². The Kier molecular flexibility index (Phi) is 3.71. The molecule has 8 nitrogen and oxygen atoms in total. The maximum Gasteiger partial charge on any atom is 0.289 e. The Morgan fingerprint density at radius 3 is 2.82 bits per heavy atom. The van der Waals surface area contributed by atoms with E-state index in [0.717, 1.165) is 5.56 Å². The summed E-state index contributed by atoms with van der Waals surface area (Å²) in [5.41, 5.74) is 6.06. The van der Waals surface area contributed by atoms with Crippen molar-refractivity contribution in [2.75, 3.05) is 0 Å². The van der Waals surface area contributed by atoms with E-state index in [0.29, 0.717) is 10.7 Å². The van der Waals surface area contributed by atoms with E-state index in [4.69, 9.17) is 0 Å². The van der Waals surface area contributed by atoms with E-state index in [9.17, 15) is 9.59 Å². The second-order valence-electron chi connectivity index (χ2n) is 4.43. The number of aromatic amines is 1. The second kappa shape index (κ2) is 5.82. The normalized spacial score (nSPS) is 10.4. The monoisotopic (exact) mass is 316 g/mol. The standard InChI is InChI=1S/C13H12N6O2S/c1-19-6-8(5-15-19)13-16-10(7-22-13)12(21)18-17-11(20)9-3-2-4-14-9/h2-7,14H,1H3,(H,17,20)(H,18,21). The molecule has 0 saturated carbocycles. The first-order valence-electron chi connectivity index (χ1n) is 6.32. The van der Waals surface area contributed by atoms with Gasteiger partial charge in [-0.2, -0.15) is 5.10 Å². The third-order valence-electron chi connectivity index (χ3n) is 2.82. The Hall–Kier alpha value is -2.94. The molecular weight excluding hydrogens is 304 g/mol. The van der Waals surface area contributed by atoms with Gasteiger partial charge in [-0.15, -0.1) is 11.3 Å². The van der Waals surface area contributed by atoms with Gasteiger partial charge in [-0.25, -0.2) is 4.98 Å². The van der Waals surface area contributed by atoms with Crippen LogP contribution in [0.5, 0.6) is 0 Å². The van der Waals surface area contributed by atoms with Crippen molar-refractivity contribution in [3.05, 3.63) is 47.5 Å². The smallest absolute Gasteiger partial charge is 0.289 e. The molecule has 0 aliphatic rings. The maximum atomic E-state index is 12.0. The fourth-order valence-electron chi connectivity index (χ4n) is 1.76. The molecule has 0 spiro atoms. The number of carbonyl (C=O) groups is 2. The molecule has 3 heterocycles. The van der Waals surface area contributed by atoms with Gasteiger partial charge in [-0.3, -0.25) is 25.1 Å². The van der Waals surface area contributed by atoms with Crippen LogP contribution in [-0.4, -0.2) is 31.6 Å². The number of aromatic nitrogens is 4. The number of nitrogens with zero attached hydrogens (tertiary/aromatic N) is 3. The molecule has 0 unspecified atom stereocenters. The average molecular weight is 316 g/mol. The largest absolute Gasteiger partial charge is 0.357 e. The highest BCUT2D eigenvalue weighted by atomic mass is 32.1. The van der Waals surface area contributed by atoms with Gasteiger partial charge in [0, 0.05) is 30.4 Å². The zero-order chi connectivity index (χ0) is 15.5. The summed E-state index contributed by atoms with van der Waals surface area (Å²) in [6.45, 7) is 0. The predicted molar refractivity (Wildman–Crippen MR) is 80.0 cm³/mol. The highest BCUT2D eigenvalue weighted by Gasteiger charge is 2.14. The number of hydrazine groups is 1. The minimum Gasteiger partial charge on any atom is -0.357 e. The van der Waals surface area contributed by atoms with Crippen molar-refractivity contribution in [1.29, 1.82) is 0 Å². The molecule has 0 aliphatic heterocycles. The van der Waals surface area contributed by atoms with E-state index in [1.165, 1.54) is 11.3 Å². The summed E-state index contributed by atoms with van der Waals surface area (Å²) in [5, 5.41) is 6.37. The van der Waals surface area contributed by atoms with Crippen molar-refractivity contribution in [2.45, 2.75) is 0 Å². The van der Waals surface area contributed by atoms with Gasteiger partial charge in [0.15, 0.2) is 0 Å². The minimum absolute atomic E-state index is 0.232. The Morgan fingerprint density at radius 1 is 1.32 bits per heavy atom. The zero-order valence-corrected chi connectivity index (χ0v) is 12.3. The minimum atomic E-state index is -0.480. The number of aryl methyl sites for hydroxylation is 1. The molecule has 0 aliphatic carbocycles. The summed E-state index contributed by atoms with van der Waals surface area (Å²) < 4.78 is 1.66. The number of thiazole rings is 1. The van der Waals surface area contributed by atoms with Crippen LogP contribution < -0.4 is 10.9 Å². The molecule has 0 saturated heterocycles. The molecule has 2 amide bonds. The van der Waals surface area contributed by atoms with Crippen molar-refractivity contribution in [3.8, 4) is 10.6 Å². The lowest BCUT2D eigenvalue weighted by molar-refractivity contribution is 0.0842.